The van der Waals surface area contributed by atoms with Crippen molar-refractivity contribution in [2.45, 2.75) is 32.5 Å². The summed E-state index contributed by atoms with van der Waals surface area (Å²) in [5, 5.41) is 2.97. The van der Waals surface area contributed by atoms with Crippen LogP contribution in [0.25, 0.3) is 0 Å². The van der Waals surface area contributed by atoms with Crippen LogP contribution in [0.1, 0.15) is 22.6 Å². The number of carbonyl (C=O) groups is 1. The van der Waals surface area contributed by atoms with Gasteiger partial charge in [0.15, 0.2) is 0 Å². The first kappa shape index (κ1) is 20.5. The summed E-state index contributed by atoms with van der Waals surface area (Å²) in [5.41, 5.74) is 6.95. The molecule has 1 unspecified atom stereocenters. The van der Waals surface area contributed by atoms with Crippen LogP contribution < -0.4 is 15.8 Å². The van der Waals surface area contributed by atoms with Gasteiger partial charge in [-0.15, -0.1) is 0 Å². The second kappa shape index (κ2) is 9.29. The summed E-state index contributed by atoms with van der Waals surface area (Å²) >= 11 is 0. The number of primary amides is 1. The van der Waals surface area contributed by atoms with E-state index in [2.05, 4.69) is 15.3 Å². The molecule has 0 saturated heterocycles. The first-order valence-corrected chi connectivity index (χ1v) is 9.10. The maximum absolute atomic E-state index is 14.4. The van der Waals surface area contributed by atoms with Crippen molar-refractivity contribution in [3.05, 3.63) is 82.9 Å². The Kier molecular flexibility index (Phi) is 6.56. The molecule has 0 aliphatic carbocycles. The van der Waals surface area contributed by atoms with Gasteiger partial charge in [0.25, 0.3) is 0 Å². The Morgan fingerprint density at radius 1 is 1.21 bits per heavy atom. The highest BCUT2D eigenvalue weighted by Gasteiger charge is 2.17. The van der Waals surface area contributed by atoms with E-state index in [1.54, 1.807) is 43.5 Å². The molecule has 0 aliphatic rings. The summed E-state index contributed by atoms with van der Waals surface area (Å²) in [6.45, 7) is 1.92. The summed E-state index contributed by atoms with van der Waals surface area (Å²) in [5.74, 6) is -0.389. The van der Waals surface area contributed by atoms with E-state index in [-0.39, 0.29) is 24.7 Å². The third kappa shape index (κ3) is 5.61. The number of aromatic nitrogens is 2. The lowest BCUT2D eigenvalue weighted by Crippen LogP contribution is -2.42. The topological polar surface area (TPSA) is 93.0 Å². The van der Waals surface area contributed by atoms with Crippen LogP contribution in [0.15, 0.2) is 48.7 Å². The van der Waals surface area contributed by atoms with Gasteiger partial charge in [0.2, 0.25) is 5.91 Å². The lowest BCUT2D eigenvalue weighted by molar-refractivity contribution is -0.120. The molecular weight excluding hydrogens is 378 g/mol. The molecule has 4 N–H and O–H groups in total. The van der Waals surface area contributed by atoms with Gasteiger partial charge in [0, 0.05) is 42.0 Å². The van der Waals surface area contributed by atoms with Crippen molar-refractivity contribution in [3.8, 4) is 5.75 Å². The van der Waals surface area contributed by atoms with E-state index in [1.165, 1.54) is 12.1 Å². The number of nitrogens with two attached hydrogens (primary N) is 1. The normalized spacial score (nSPS) is 12.0. The third-order valence-corrected chi connectivity index (χ3v) is 4.44. The molecule has 0 bridgehead atoms. The number of H-pyrrole nitrogens is 1. The maximum Gasteiger partial charge on any atom is 0.234 e. The molecule has 3 rings (SSSR count). The molecule has 29 heavy (non-hydrogen) atoms. The van der Waals surface area contributed by atoms with E-state index in [4.69, 9.17) is 10.5 Å². The fourth-order valence-corrected chi connectivity index (χ4v) is 2.84. The van der Waals surface area contributed by atoms with Gasteiger partial charge >= 0.3 is 0 Å². The van der Waals surface area contributed by atoms with Crippen LogP contribution >= 0.6 is 0 Å². The van der Waals surface area contributed by atoms with E-state index in [0.717, 1.165) is 11.5 Å². The number of amides is 1. The van der Waals surface area contributed by atoms with Crippen molar-refractivity contribution in [2.75, 3.05) is 0 Å². The Morgan fingerprint density at radius 2 is 2.00 bits per heavy atom. The molecule has 0 spiro atoms. The zero-order chi connectivity index (χ0) is 20.8. The highest BCUT2D eigenvalue weighted by Crippen LogP contribution is 2.19. The molecule has 1 heterocycles. The summed E-state index contributed by atoms with van der Waals surface area (Å²) in [4.78, 5) is 18.8. The molecule has 1 aromatic heterocycles. The van der Waals surface area contributed by atoms with Crippen molar-refractivity contribution in [3.63, 3.8) is 0 Å². The SMILES string of the molecule is Cc1ncc(CC(NCc2ccc(OCc3ccccc3F)cc2F)C(N)=O)[nH]1. The van der Waals surface area contributed by atoms with Crippen LogP contribution in [0.5, 0.6) is 5.75 Å². The number of nitrogens with zero attached hydrogens (tertiary/aromatic N) is 1. The molecule has 3 aromatic rings. The van der Waals surface area contributed by atoms with Crippen molar-refractivity contribution in [2.24, 2.45) is 5.73 Å². The number of aryl methyl sites for hydroxylation is 1. The molecule has 8 heteroatoms. The average molecular weight is 400 g/mol. The van der Waals surface area contributed by atoms with Gasteiger partial charge < -0.3 is 20.8 Å². The number of ether oxygens (including phenoxy) is 1. The minimum atomic E-state index is -0.675. The van der Waals surface area contributed by atoms with Crippen LogP contribution in [-0.4, -0.2) is 21.9 Å². The molecule has 0 aliphatic heterocycles. The Balaban J connectivity index is 1.59. The molecule has 2 aromatic carbocycles. The first-order chi connectivity index (χ1) is 13.9. The molecule has 0 fully saturated rings. The van der Waals surface area contributed by atoms with E-state index in [0.29, 0.717) is 17.5 Å². The zero-order valence-corrected chi connectivity index (χ0v) is 15.9. The van der Waals surface area contributed by atoms with E-state index < -0.39 is 17.8 Å². The Morgan fingerprint density at radius 3 is 2.66 bits per heavy atom. The van der Waals surface area contributed by atoms with Gasteiger partial charge in [0.05, 0.1) is 6.04 Å². The number of hydrogen-bond acceptors (Lipinski definition) is 4. The average Bonchev–Trinajstić information content (AvgIpc) is 3.10. The summed E-state index contributed by atoms with van der Waals surface area (Å²) in [7, 11) is 0. The number of rotatable bonds is 9. The predicted octanol–water partition coefficient (Wildman–Crippen LogP) is 2.76. The fourth-order valence-electron chi connectivity index (χ4n) is 2.84. The van der Waals surface area contributed by atoms with Crippen LogP contribution in [0.3, 0.4) is 0 Å². The number of nitrogens with one attached hydrogen (secondary N) is 2. The van der Waals surface area contributed by atoms with Crippen molar-refractivity contribution in [1.29, 1.82) is 0 Å². The van der Waals surface area contributed by atoms with Crippen molar-refractivity contribution in [1.82, 2.24) is 15.3 Å². The van der Waals surface area contributed by atoms with E-state index >= 15 is 0 Å². The van der Waals surface area contributed by atoms with Crippen LogP contribution in [-0.2, 0) is 24.4 Å². The van der Waals surface area contributed by atoms with Gasteiger partial charge in [-0.25, -0.2) is 13.8 Å². The van der Waals surface area contributed by atoms with Gasteiger partial charge in [0.1, 0.15) is 29.8 Å². The van der Waals surface area contributed by atoms with Crippen molar-refractivity contribution < 1.29 is 18.3 Å². The molecule has 0 radical (unpaired) electrons. The predicted molar refractivity (Wildman–Crippen MR) is 104 cm³/mol. The first-order valence-electron chi connectivity index (χ1n) is 9.10. The highest BCUT2D eigenvalue weighted by molar-refractivity contribution is 5.80. The fraction of sp³-hybridized carbons (Fsp3) is 0.238. The maximum atomic E-state index is 14.4. The number of imidazole rings is 1. The number of carbonyl (C=O) groups excluding carboxylic acids is 1. The summed E-state index contributed by atoms with van der Waals surface area (Å²) < 4.78 is 33.5. The van der Waals surface area contributed by atoms with Crippen LogP contribution in [0.4, 0.5) is 8.78 Å². The largest absolute Gasteiger partial charge is 0.489 e. The van der Waals surface area contributed by atoms with Crippen molar-refractivity contribution >= 4 is 5.91 Å². The molecular formula is C21H22F2N4O2. The molecule has 152 valence electrons. The number of aromatic amines is 1. The highest BCUT2D eigenvalue weighted by atomic mass is 19.1. The van der Waals surface area contributed by atoms with E-state index in [1.807, 2.05) is 0 Å². The Labute approximate surface area is 167 Å². The minimum absolute atomic E-state index is 0.00292. The number of halogens is 2. The number of benzene rings is 2. The van der Waals surface area contributed by atoms with Gasteiger partial charge in [-0.05, 0) is 19.1 Å². The van der Waals surface area contributed by atoms with Gasteiger partial charge in [-0.2, -0.15) is 0 Å². The minimum Gasteiger partial charge on any atom is -0.489 e. The smallest absolute Gasteiger partial charge is 0.234 e. The molecule has 1 atom stereocenters. The lowest BCUT2D eigenvalue weighted by Gasteiger charge is -2.15. The molecule has 1 amide bonds. The van der Waals surface area contributed by atoms with Crippen LogP contribution in [0.2, 0.25) is 0 Å². The zero-order valence-electron chi connectivity index (χ0n) is 15.9. The van der Waals surface area contributed by atoms with Gasteiger partial charge in [-0.1, -0.05) is 24.3 Å². The second-order valence-corrected chi connectivity index (χ2v) is 6.67. The molecule has 6 nitrogen and oxygen atoms in total. The number of hydrogen-bond donors (Lipinski definition) is 3. The van der Waals surface area contributed by atoms with E-state index in [9.17, 15) is 13.6 Å². The summed E-state index contributed by atoms with van der Waals surface area (Å²) in [6, 6.07) is 9.95. The standard InChI is InChI=1S/C21H22F2N4O2/c1-13-25-11-16(27-13)8-20(21(24)28)26-10-14-6-7-17(9-19(14)23)29-12-15-4-2-3-5-18(15)22/h2-7,9,11,20,26H,8,10,12H2,1H3,(H2,24,28)(H,25,27). The Bertz CT molecular complexity index is 990. The van der Waals surface area contributed by atoms with Crippen LogP contribution in [0, 0.1) is 18.6 Å². The van der Waals surface area contributed by atoms with Gasteiger partial charge in [-0.3, -0.25) is 4.79 Å². The lowest BCUT2D eigenvalue weighted by atomic mass is 10.1. The third-order valence-electron chi connectivity index (χ3n) is 4.44. The molecule has 0 saturated carbocycles. The summed E-state index contributed by atoms with van der Waals surface area (Å²) in [6.07, 6.45) is 1.96. The second-order valence-electron chi connectivity index (χ2n) is 6.67. The Hall–Kier alpha value is -3.26. The monoisotopic (exact) mass is 400 g/mol. The quantitative estimate of drug-likeness (QED) is 0.515.